The van der Waals surface area contributed by atoms with Gasteiger partial charge in [0, 0.05) is 4.90 Å². The molecule has 0 amide bonds. The molecule has 2 aromatic heterocycles. The van der Waals surface area contributed by atoms with E-state index in [0.717, 1.165) is 16.0 Å². The first-order valence-electron chi connectivity index (χ1n) is 7.33. The minimum atomic E-state index is -0.110. The number of benzene rings is 2. The Morgan fingerprint density at radius 1 is 1.17 bits per heavy atom. The van der Waals surface area contributed by atoms with Crippen molar-refractivity contribution in [1.82, 2.24) is 19.2 Å². The van der Waals surface area contributed by atoms with Gasteiger partial charge in [-0.15, -0.1) is 22.0 Å². The molecule has 4 aromatic rings. The second-order valence-electron chi connectivity index (χ2n) is 5.35. The van der Waals surface area contributed by atoms with Crippen molar-refractivity contribution in [3.63, 3.8) is 0 Å². The monoisotopic (exact) mass is 356 g/mol. The summed E-state index contributed by atoms with van der Waals surface area (Å²) in [5.74, 6) is 0.519. The van der Waals surface area contributed by atoms with Crippen LogP contribution in [0.1, 0.15) is 5.56 Å². The molecule has 2 heterocycles. The Labute approximate surface area is 146 Å². The van der Waals surface area contributed by atoms with Crippen molar-refractivity contribution in [2.75, 3.05) is 6.26 Å². The fourth-order valence-electron chi connectivity index (χ4n) is 2.87. The summed E-state index contributed by atoms with van der Waals surface area (Å²) in [5, 5.41) is 9.30. The summed E-state index contributed by atoms with van der Waals surface area (Å²) in [7, 11) is 0. The minimum Gasteiger partial charge on any atom is -0.272 e. The van der Waals surface area contributed by atoms with E-state index in [1.807, 2.05) is 47.1 Å². The highest BCUT2D eigenvalue weighted by molar-refractivity contribution is 7.99. The normalized spacial score (nSPS) is 11.4. The van der Waals surface area contributed by atoms with E-state index < -0.39 is 0 Å². The third-order valence-electron chi connectivity index (χ3n) is 3.97. The molecule has 24 heavy (non-hydrogen) atoms. The van der Waals surface area contributed by atoms with Crippen LogP contribution in [0, 0.1) is 0 Å². The Morgan fingerprint density at radius 3 is 2.71 bits per heavy atom. The van der Waals surface area contributed by atoms with E-state index in [9.17, 15) is 4.79 Å². The number of rotatable bonds is 3. The first kappa shape index (κ1) is 15.2. The topological polar surface area (TPSA) is 52.2 Å². The highest BCUT2D eigenvalue weighted by Crippen LogP contribution is 2.31. The lowest BCUT2D eigenvalue weighted by atomic mass is 10.2. The summed E-state index contributed by atoms with van der Waals surface area (Å²) in [6.45, 7) is 0.429. The molecule has 7 heteroatoms. The lowest BCUT2D eigenvalue weighted by Gasteiger charge is -2.13. The lowest BCUT2D eigenvalue weighted by molar-refractivity contribution is 0.765. The molecule has 0 aliphatic carbocycles. The van der Waals surface area contributed by atoms with Gasteiger partial charge in [0.2, 0.25) is 5.78 Å². The van der Waals surface area contributed by atoms with Crippen LogP contribution in [0.4, 0.5) is 0 Å². The van der Waals surface area contributed by atoms with Crippen molar-refractivity contribution < 1.29 is 0 Å². The van der Waals surface area contributed by atoms with Crippen molar-refractivity contribution >= 4 is 40.0 Å². The molecule has 0 bridgehead atoms. The molecule has 0 saturated carbocycles. The van der Waals surface area contributed by atoms with Crippen molar-refractivity contribution in [3.05, 3.63) is 69.7 Å². The smallest absolute Gasteiger partial charge is 0.264 e. The van der Waals surface area contributed by atoms with E-state index in [4.69, 9.17) is 11.6 Å². The van der Waals surface area contributed by atoms with Gasteiger partial charge in [-0.2, -0.15) is 0 Å². The molecule has 5 nitrogen and oxygen atoms in total. The molecule has 0 atom stereocenters. The zero-order valence-electron chi connectivity index (χ0n) is 12.8. The van der Waals surface area contributed by atoms with Crippen LogP contribution in [-0.2, 0) is 6.54 Å². The van der Waals surface area contributed by atoms with Gasteiger partial charge in [0.15, 0.2) is 0 Å². The number of hydrogen-bond donors (Lipinski definition) is 0. The molecular formula is C17H13ClN4OS. The van der Waals surface area contributed by atoms with Crippen LogP contribution in [0.3, 0.4) is 0 Å². The summed E-state index contributed by atoms with van der Waals surface area (Å²) in [4.78, 5) is 14.0. The molecule has 0 N–H and O–H groups in total. The number of nitrogens with zero attached hydrogens (tertiary/aromatic N) is 4. The van der Waals surface area contributed by atoms with Gasteiger partial charge >= 0.3 is 0 Å². The highest BCUT2D eigenvalue weighted by atomic mass is 35.5. The predicted octanol–water partition coefficient (Wildman–Crippen LogP) is 3.47. The highest BCUT2D eigenvalue weighted by Gasteiger charge is 2.17. The maximum atomic E-state index is 13.2. The molecule has 0 aliphatic heterocycles. The SMILES string of the molecule is CSc1c(Cl)ccc2c1c(=O)n(Cc1ccccc1)c1nncn21. The van der Waals surface area contributed by atoms with E-state index in [1.165, 1.54) is 11.8 Å². The van der Waals surface area contributed by atoms with Gasteiger partial charge in [0.25, 0.3) is 5.56 Å². The summed E-state index contributed by atoms with van der Waals surface area (Å²) in [6, 6.07) is 13.5. The fourth-order valence-corrected chi connectivity index (χ4v) is 3.92. The molecule has 0 aliphatic rings. The zero-order chi connectivity index (χ0) is 16.7. The Balaban J connectivity index is 2.10. The third-order valence-corrected chi connectivity index (χ3v) is 5.22. The Bertz CT molecular complexity index is 1100. The summed E-state index contributed by atoms with van der Waals surface area (Å²) < 4.78 is 3.47. The van der Waals surface area contributed by atoms with Crippen LogP contribution in [0.25, 0.3) is 16.7 Å². The average Bonchev–Trinajstić information content (AvgIpc) is 3.09. The van der Waals surface area contributed by atoms with Crippen molar-refractivity contribution in [1.29, 1.82) is 0 Å². The van der Waals surface area contributed by atoms with Crippen LogP contribution in [0.2, 0.25) is 5.02 Å². The van der Waals surface area contributed by atoms with Crippen LogP contribution in [0.5, 0.6) is 0 Å². The van der Waals surface area contributed by atoms with E-state index >= 15 is 0 Å². The van der Waals surface area contributed by atoms with Gasteiger partial charge in [-0.1, -0.05) is 41.9 Å². The van der Waals surface area contributed by atoms with Crippen molar-refractivity contribution in [2.24, 2.45) is 0 Å². The standard InChI is InChI=1S/C17H13ClN4OS/c1-24-15-12(18)7-8-13-14(15)16(23)21(17-20-19-10-22(13)17)9-11-5-3-2-4-6-11/h2-8,10H,9H2,1H3. The van der Waals surface area contributed by atoms with Gasteiger partial charge in [0.05, 0.1) is 22.5 Å². The summed E-state index contributed by atoms with van der Waals surface area (Å²) >= 11 is 7.77. The first-order chi connectivity index (χ1) is 11.7. The molecule has 0 unspecified atom stereocenters. The van der Waals surface area contributed by atoms with Gasteiger partial charge < -0.3 is 0 Å². The van der Waals surface area contributed by atoms with Crippen molar-refractivity contribution in [3.8, 4) is 0 Å². The molecule has 0 fully saturated rings. The van der Waals surface area contributed by atoms with E-state index in [-0.39, 0.29) is 5.56 Å². The molecule has 4 rings (SSSR count). The van der Waals surface area contributed by atoms with Gasteiger partial charge in [0.1, 0.15) is 6.33 Å². The molecule has 0 saturated heterocycles. The Kier molecular flexibility index (Phi) is 3.78. The van der Waals surface area contributed by atoms with Gasteiger partial charge in [-0.05, 0) is 24.0 Å². The van der Waals surface area contributed by atoms with E-state index in [0.29, 0.717) is 22.7 Å². The van der Waals surface area contributed by atoms with Crippen LogP contribution < -0.4 is 5.56 Å². The van der Waals surface area contributed by atoms with Crippen LogP contribution in [-0.4, -0.2) is 25.4 Å². The maximum absolute atomic E-state index is 13.2. The lowest BCUT2D eigenvalue weighted by Crippen LogP contribution is -2.24. The first-order valence-corrected chi connectivity index (χ1v) is 8.93. The van der Waals surface area contributed by atoms with Crippen LogP contribution >= 0.6 is 23.4 Å². The molecule has 120 valence electrons. The molecule has 2 aromatic carbocycles. The third kappa shape index (κ3) is 2.30. The maximum Gasteiger partial charge on any atom is 0.264 e. The minimum absolute atomic E-state index is 0.110. The quantitative estimate of drug-likeness (QED) is 0.527. The number of fused-ring (bicyclic) bond motifs is 3. The second kappa shape index (κ2) is 5.96. The largest absolute Gasteiger partial charge is 0.272 e. The van der Waals surface area contributed by atoms with Crippen molar-refractivity contribution in [2.45, 2.75) is 11.4 Å². The zero-order valence-corrected chi connectivity index (χ0v) is 14.4. The fraction of sp³-hybridized carbons (Fsp3) is 0.118. The summed E-state index contributed by atoms with van der Waals surface area (Å²) in [5.41, 5.74) is 1.68. The second-order valence-corrected chi connectivity index (χ2v) is 6.58. The predicted molar refractivity (Wildman–Crippen MR) is 97.1 cm³/mol. The summed E-state index contributed by atoms with van der Waals surface area (Å²) in [6.07, 6.45) is 3.54. The molecular weight excluding hydrogens is 344 g/mol. The average molecular weight is 357 g/mol. The molecule has 0 spiro atoms. The number of aromatic nitrogens is 4. The van der Waals surface area contributed by atoms with E-state index in [1.54, 1.807) is 17.0 Å². The number of hydrogen-bond acceptors (Lipinski definition) is 4. The van der Waals surface area contributed by atoms with Gasteiger partial charge in [-0.25, -0.2) is 0 Å². The molecule has 0 radical (unpaired) electrons. The van der Waals surface area contributed by atoms with Gasteiger partial charge in [-0.3, -0.25) is 13.8 Å². The van der Waals surface area contributed by atoms with Crippen LogP contribution in [0.15, 0.2) is 58.5 Å². The Hall–Kier alpha value is -2.31. The number of halogens is 1. The number of thioether (sulfide) groups is 1. The van der Waals surface area contributed by atoms with E-state index in [2.05, 4.69) is 10.2 Å². The Morgan fingerprint density at radius 2 is 1.96 bits per heavy atom.